The zero-order valence-corrected chi connectivity index (χ0v) is 15.1. The molecule has 132 valence electrons. The van der Waals surface area contributed by atoms with Gasteiger partial charge in [-0.3, -0.25) is 0 Å². The van der Waals surface area contributed by atoms with Crippen molar-refractivity contribution in [3.8, 4) is 11.5 Å². The molecule has 1 aliphatic carbocycles. The molecule has 0 bridgehead atoms. The summed E-state index contributed by atoms with van der Waals surface area (Å²) in [6.07, 6.45) is 2.75. The average molecular weight is 365 g/mol. The molecule has 8 heteroatoms. The fraction of sp³-hybridized carbons (Fsp3) is 0.600. The number of rotatable bonds is 8. The summed E-state index contributed by atoms with van der Waals surface area (Å²) in [5, 5.41) is 0. The third kappa shape index (κ3) is 4.97. The minimum atomic E-state index is -3.61. The normalized spacial score (nSPS) is 16.1. The van der Waals surface area contributed by atoms with Crippen LogP contribution < -0.4 is 19.9 Å². The van der Waals surface area contributed by atoms with Crippen LogP contribution >= 0.6 is 12.4 Å². The fourth-order valence-electron chi connectivity index (χ4n) is 2.33. The lowest BCUT2D eigenvalue weighted by Gasteiger charge is -2.38. The molecular weight excluding hydrogens is 340 g/mol. The molecule has 3 N–H and O–H groups in total. The predicted molar refractivity (Wildman–Crippen MR) is 92.0 cm³/mol. The van der Waals surface area contributed by atoms with Crippen molar-refractivity contribution in [3.63, 3.8) is 0 Å². The lowest BCUT2D eigenvalue weighted by Crippen LogP contribution is -2.54. The summed E-state index contributed by atoms with van der Waals surface area (Å²) in [7, 11) is -3.61. The van der Waals surface area contributed by atoms with Crippen LogP contribution in [0.3, 0.4) is 0 Å². The molecule has 1 aromatic rings. The molecule has 1 aliphatic rings. The van der Waals surface area contributed by atoms with Crippen LogP contribution in [-0.4, -0.2) is 33.7 Å². The smallest absolute Gasteiger partial charge is 0.240 e. The number of halogens is 1. The first-order valence-corrected chi connectivity index (χ1v) is 9.07. The number of ether oxygens (including phenoxy) is 2. The summed E-state index contributed by atoms with van der Waals surface area (Å²) in [6, 6.07) is 4.62. The maximum Gasteiger partial charge on any atom is 0.240 e. The zero-order chi connectivity index (χ0) is 16.2. The predicted octanol–water partition coefficient (Wildman–Crippen LogP) is 2.07. The van der Waals surface area contributed by atoms with Crippen molar-refractivity contribution < 1.29 is 17.9 Å². The Morgan fingerprint density at radius 1 is 1.17 bits per heavy atom. The maximum atomic E-state index is 12.4. The third-order valence-electron chi connectivity index (χ3n) is 3.79. The van der Waals surface area contributed by atoms with Gasteiger partial charge in [0.1, 0.15) is 0 Å². The van der Waals surface area contributed by atoms with E-state index in [4.69, 9.17) is 15.2 Å². The SMILES string of the molecule is CCOc1ccc(S(=O)(=O)NCC2(N)CCC2)cc1OCC.Cl. The van der Waals surface area contributed by atoms with Crippen LogP contribution in [0.15, 0.2) is 23.1 Å². The van der Waals surface area contributed by atoms with Gasteiger partial charge in [0.05, 0.1) is 18.1 Å². The molecule has 2 rings (SSSR count). The Hall–Kier alpha value is -1.02. The second kappa shape index (κ2) is 8.19. The summed E-state index contributed by atoms with van der Waals surface area (Å²) >= 11 is 0. The van der Waals surface area contributed by atoms with E-state index in [9.17, 15) is 8.42 Å². The Bertz CT molecular complexity index is 618. The van der Waals surface area contributed by atoms with E-state index >= 15 is 0 Å². The molecule has 0 radical (unpaired) electrons. The number of hydrogen-bond donors (Lipinski definition) is 2. The largest absolute Gasteiger partial charge is 0.490 e. The first-order chi connectivity index (χ1) is 10.4. The highest BCUT2D eigenvalue weighted by molar-refractivity contribution is 7.89. The first-order valence-electron chi connectivity index (χ1n) is 7.58. The molecule has 1 aromatic carbocycles. The van der Waals surface area contributed by atoms with E-state index in [1.54, 1.807) is 6.07 Å². The van der Waals surface area contributed by atoms with E-state index in [2.05, 4.69) is 4.72 Å². The maximum absolute atomic E-state index is 12.4. The van der Waals surface area contributed by atoms with Crippen molar-refractivity contribution in [2.75, 3.05) is 19.8 Å². The van der Waals surface area contributed by atoms with Crippen molar-refractivity contribution in [1.29, 1.82) is 0 Å². The highest BCUT2D eigenvalue weighted by atomic mass is 35.5. The lowest BCUT2D eigenvalue weighted by molar-refractivity contribution is 0.251. The van der Waals surface area contributed by atoms with Crippen molar-refractivity contribution >= 4 is 22.4 Å². The van der Waals surface area contributed by atoms with E-state index in [1.165, 1.54) is 12.1 Å². The van der Waals surface area contributed by atoms with Crippen LogP contribution in [0.2, 0.25) is 0 Å². The summed E-state index contributed by atoms with van der Waals surface area (Å²) < 4.78 is 38.3. The second-order valence-electron chi connectivity index (χ2n) is 5.52. The highest BCUT2D eigenvalue weighted by Gasteiger charge is 2.33. The van der Waals surface area contributed by atoms with Crippen molar-refractivity contribution in [1.82, 2.24) is 4.72 Å². The summed E-state index contributed by atoms with van der Waals surface area (Å²) in [6.45, 7) is 4.88. The van der Waals surface area contributed by atoms with Crippen LogP contribution in [0.1, 0.15) is 33.1 Å². The number of nitrogens with two attached hydrogens (primary N) is 1. The van der Waals surface area contributed by atoms with Gasteiger partial charge in [0.25, 0.3) is 0 Å². The quantitative estimate of drug-likeness (QED) is 0.736. The zero-order valence-electron chi connectivity index (χ0n) is 13.5. The topological polar surface area (TPSA) is 90.7 Å². The van der Waals surface area contributed by atoms with Gasteiger partial charge in [0, 0.05) is 18.2 Å². The molecule has 23 heavy (non-hydrogen) atoms. The Morgan fingerprint density at radius 2 is 1.78 bits per heavy atom. The van der Waals surface area contributed by atoms with Crippen molar-refractivity contribution in [2.45, 2.75) is 43.5 Å². The summed E-state index contributed by atoms with van der Waals surface area (Å²) in [4.78, 5) is 0.155. The van der Waals surface area contributed by atoms with Crippen LogP contribution in [0.4, 0.5) is 0 Å². The monoisotopic (exact) mass is 364 g/mol. The molecule has 0 heterocycles. The molecule has 0 spiro atoms. The Balaban J connectivity index is 0.00000264. The van der Waals surface area contributed by atoms with Gasteiger partial charge in [-0.15, -0.1) is 12.4 Å². The minimum absolute atomic E-state index is 0. The van der Waals surface area contributed by atoms with Crippen LogP contribution in [0, 0.1) is 0 Å². The Labute approximate surface area is 144 Å². The number of benzene rings is 1. The molecule has 1 saturated carbocycles. The van der Waals surface area contributed by atoms with E-state index in [-0.39, 0.29) is 23.8 Å². The summed E-state index contributed by atoms with van der Waals surface area (Å²) in [5.41, 5.74) is 5.66. The molecule has 0 atom stereocenters. The summed E-state index contributed by atoms with van der Waals surface area (Å²) in [5.74, 6) is 0.968. The molecular formula is C15H25ClN2O4S. The van der Waals surface area contributed by atoms with E-state index in [0.717, 1.165) is 19.3 Å². The molecule has 0 aliphatic heterocycles. The number of sulfonamides is 1. The standard InChI is InChI=1S/C15H24N2O4S.ClH/c1-3-20-13-7-6-12(10-14(13)21-4-2)22(18,19)17-11-15(16)8-5-9-15;/h6-7,10,17H,3-5,8-9,11,16H2,1-2H3;1H. The van der Waals surface area contributed by atoms with Gasteiger partial charge in [-0.2, -0.15) is 0 Å². The second-order valence-corrected chi connectivity index (χ2v) is 7.28. The van der Waals surface area contributed by atoms with Crippen LogP contribution in [0.25, 0.3) is 0 Å². The molecule has 0 aromatic heterocycles. The van der Waals surface area contributed by atoms with Crippen molar-refractivity contribution in [3.05, 3.63) is 18.2 Å². The molecule has 6 nitrogen and oxygen atoms in total. The molecule has 0 amide bonds. The number of hydrogen-bond acceptors (Lipinski definition) is 5. The van der Waals surface area contributed by atoms with Crippen LogP contribution in [0.5, 0.6) is 11.5 Å². The first kappa shape index (κ1) is 20.0. The third-order valence-corrected chi connectivity index (χ3v) is 5.19. The van der Waals surface area contributed by atoms with Crippen LogP contribution in [-0.2, 0) is 10.0 Å². The van der Waals surface area contributed by atoms with Gasteiger partial charge in [-0.25, -0.2) is 13.1 Å². The van der Waals surface area contributed by atoms with Crippen molar-refractivity contribution in [2.24, 2.45) is 5.73 Å². The minimum Gasteiger partial charge on any atom is -0.490 e. The molecule has 1 fully saturated rings. The van der Waals surface area contributed by atoms with Gasteiger partial charge in [-0.1, -0.05) is 0 Å². The van der Waals surface area contributed by atoms with Gasteiger partial charge >= 0.3 is 0 Å². The molecule has 0 saturated heterocycles. The van der Waals surface area contributed by atoms with Gasteiger partial charge in [-0.05, 0) is 45.2 Å². The van der Waals surface area contributed by atoms with E-state index in [1.807, 2.05) is 13.8 Å². The van der Waals surface area contributed by atoms with E-state index < -0.39 is 15.6 Å². The van der Waals surface area contributed by atoms with Gasteiger partial charge in [0.15, 0.2) is 11.5 Å². The highest BCUT2D eigenvalue weighted by Crippen LogP contribution is 2.31. The fourth-order valence-corrected chi connectivity index (χ4v) is 3.48. The van der Waals surface area contributed by atoms with E-state index in [0.29, 0.717) is 24.7 Å². The number of nitrogens with one attached hydrogen (secondary N) is 1. The van der Waals surface area contributed by atoms with Gasteiger partial charge in [0.2, 0.25) is 10.0 Å². The lowest BCUT2D eigenvalue weighted by atomic mass is 9.78. The average Bonchev–Trinajstić information content (AvgIpc) is 2.45. The molecule has 0 unspecified atom stereocenters. The van der Waals surface area contributed by atoms with Gasteiger partial charge < -0.3 is 15.2 Å². The Kier molecular flexibility index (Phi) is 7.13. The Morgan fingerprint density at radius 3 is 2.30 bits per heavy atom.